The molecule has 1 aromatic carbocycles. The molecule has 0 bridgehead atoms. The molecule has 5 amide bonds. The fraction of sp³-hybridized carbons (Fsp3) is 0.450. The summed E-state index contributed by atoms with van der Waals surface area (Å²) in [4.78, 5) is 61.9. The summed E-state index contributed by atoms with van der Waals surface area (Å²) >= 11 is 0. The van der Waals surface area contributed by atoms with Gasteiger partial charge < -0.3 is 15.2 Å². The van der Waals surface area contributed by atoms with Crippen LogP contribution in [0.15, 0.2) is 18.2 Å². The Balaban J connectivity index is 1.66. The molecular weight excluding hydrogens is 394 g/mol. The third-order valence-corrected chi connectivity index (χ3v) is 4.95. The molecule has 30 heavy (non-hydrogen) atoms. The van der Waals surface area contributed by atoms with Crippen molar-refractivity contribution >= 4 is 29.5 Å². The van der Waals surface area contributed by atoms with Gasteiger partial charge in [0.05, 0.1) is 11.1 Å². The van der Waals surface area contributed by atoms with Crippen LogP contribution < -0.4 is 15.4 Å². The Morgan fingerprint density at radius 1 is 1.17 bits per heavy atom. The van der Waals surface area contributed by atoms with Gasteiger partial charge in [0.15, 0.2) is 6.61 Å². The van der Waals surface area contributed by atoms with Gasteiger partial charge in [0, 0.05) is 19.6 Å². The lowest BCUT2D eigenvalue weighted by molar-refractivity contribution is -0.136. The summed E-state index contributed by atoms with van der Waals surface area (Å²) in [6.45, 7) is 0.213. The van der Waals surface area contributed by atoms with E-state index in [2.05, 4.69) is 10.6 Å². The van der Waals surface area contributed by atoms with Crippen LogP contribution >= 0.6 is 0 Å². The minimum atomic E-state index is -1.06. The highest BCUT2D eigenvalue weighted by Gasteiger charge is 2.46. The summed E-state index contributed by atoms with van der Waals surface area (Å²) in [6, 6.07) is 3.40. The lowest BCUT2D eigenvalue weighted by Crippen LogP contribution is -2.54. The Kier molecular flexibility index (Phi) is 6.78. The van der Waals surface area contributed by atoms with E-state index in [1.165, 1.54) is 18.2 Å². The average Bonchev–Trinajstić information content (AvgIpc) is 2.97. The molecule has 10 nitrogen and oxygen atoms in total. The van der Waals surface area contributed by atoms with Crippen molar-refractivity contribution in [3.05, 3.63) is 29.3 Å². The molecule has 0 aliphatic carbocycles. The second kappa shape index (κ2) is 9.49. The van der Waals surface area contributed by atoms with Gasteiger partial charge in [-0.1, -0.05) is 6.07 Å². The van der Waals surface area contributed by atoms with Crippen molar-refractivity contribution in [1.82, 2.24) is 15.5 Å². The minimum absolute atomic E-state index is 0.00273. The predicted molar refractivity (Wildman–Crippen MR) is 103 cm³/mol. The topological polar surface area (TPSA) is 142 Å². The first-order valence-electron chi connectivity index (χ1n) is 9.79. The lowest BCUT2D eigenvalue weighted by atomic mass is 10.0. The second-order valence-corrected chi connectivity index (χ2v) is 7.05. The molecule has 2 aliphatic heterocycles. The molecule has 1 aromatic rings. The highest BCUT2D eigenvalue weighted by molar-refractivity contribution is 6.24. The van der Waals surface area contributed by atoms with Gasteiger partial charge in [-0.2, -0.15) is 0 Å². The van der Waals surface area contributed by atoms with E-state index in [1.54, 1.807) is 0 Å². The number of hydrogen-bond donors (Lipinski definition) is 3. The third kappa shape index (κ3) is 4.48. The van der Waals surface area contributed by atoms with Crippen molar-refractivity contribution in [2.45, 2.75) is 38.1 Å². The van der Waals surface area contributed by atoms with Crippen molar-refractivity contribution in [1.29, 1.82) is 0 Å². The standard InChI is InChI=1S/C20H23N3O7/c24-10-3-1-2-9-21-16(26)11-30-14-6-4-5-12-17(14)20(29)23(19(12)28)13-7-8-15(25)22-18(13)27/h4-6,13,24H,1-3,7-11H2,(H,21,26)(H,22,25,27). The lowest BCUT2D eigenvalue weighted by Gasteiger charge is -2.27. The van der Waals surface area contributed by atoms with Crippen molar-refractivity contribution < 1.29 is 33.8 Å². The SMILES string of the molecule is O=C(COc1cccc2c1C(=O)N(C1CCC(=O)NC1=O)C2=O)NCCCCCO. The number of nitrogens with one attached hydrogen (secondary N) is 2. The van der Waals surface area contributed by atoms with Crippen LogP contribution in [0, 0.1) is 0 Å². The normalized spacial score (nSPS) is 18.3. The van der Waals surface area contributed by atoms with Gasteiger partial charge >= 0.3 is 0 Å². The molecule has 3 N–H and O–H groups in total. The van der Waals surface area contributed by atoms with Crippen molar-refractivity contribution in [2.75, 3.05) is 19.8 Å². The number of fused-ring (bicyclic) bond motifs is 1. The quantitative estimate of drug-likeness (QED) is 0.371. The van der Waals surface area contributed by atoms with E-state index in [9.17, 15) is 24.0 Å². The van der Waals surface area contributed by atoms with Crippen LogP contribution in [0.2, 0.25) is 0 Å². The van der Waals surface area contributed by atoms with Gasteiger partial charge in [0.1, 0.15) is 11.8 Å². The number of aliphatic hydroxyl groups is 1. The summed E-state index contributed by atoms with van der Waals surface area (Å²) in [5.41, 5.74) is 0.0922. The van der Waals surface area contributed by atoms with E-state index in [1.807, 2.05) is 0 Å². The summed E-state index contributed by atoms with van der Waals surface area (Å²) < 4.78 is 5.48. The Hall–Kier alpha value is -3.27. The van der Waals surface area contributed by atoms with Gasteiger partial charge in [0.2, 0.25) is 11.8 Å². The van der Waals surface area contributed by atoms with Crippen molar-refractivity contribution in [2.24, 2.45) is 0 Å². The number of ether oxygens (including phenoxy) is 1. The summed E-state index contributed by atoms with van der Waals surface area (Å²) in [7, 11) is 0. The van der Waals surface area contributed by atoms with Gasteiger partial charge in [-0.05, 0) is 37.8 Å². The molecule has 10 heteroatoms. The number of benzene rings is 1. The summed E-state index contributed by atoms with van der Waals surface area (Å²) in [5, 5.41) is 13.5. The van der Waals surface area contributed by atoms with Crippen molar-refractivity contribution in [3.8, 4) is 5.75 Å². The molecule has 160 valence electrons. The number of piperidine rings is 1. The molecule has 1 unspecified atom stereocenters. The number of carbonyl (C=O) groups excluding carboxylic acids is 5. The van der Waals surface area contributed by atoms with Gasteiger partial charge in [-0.3, -0.25) is 34.2 Å². The van der Waals surface area contributed by atoms with Gasteiger partial charge in [-0.25, -0.2) is 0 Å². The first kappa shape index (κ1) is 21.4. The Bertz CT molecular complexity index is 883. The van der Waals surface area contributed by atoms with E-state index in [0.29, 0.717) is 13.0 Å². The highest BCUT2D eigenvalue weighted by atomic mass is 16.5. The molecule has 3 rings (SSSR count). The number of carbonyl (C=O) groups is 5. The molecule has 0 saturated carbocycles. The first-order chi connectivity index (χ1) is 14.4. The van der Waals surface area contributed by atoms with Gasteiger partial charge in [-0.15, -0.1) is 0 Å². The Labute approximate surface area is 172 Å². The number of nitrogens with zero attached hydrogens (tertiary/aromatic N) is 1. The number of amides is 5. The third-order valence-electron chi connectivity index (χ3n) is 4.95. The highest BCUT2D eigenvalue weighted by Crippen LogP contribution is 2.33. The van der Waals surface area contributed by atoms with Crippen LogP contribution in [-0.4, -0.2) is 65.3 Å². The van der Waals surface area contributed by atoms with Crippen LogP contribution in [0.25, 0.3) is 0 Å². The van der Waals surface area contributed by atoms with Crippen molar-refractivity contribution in [3.63, 3.8) is 0 Å². The molecule has 1 atom stereocenters. The summed E-state index contributed by atoms with van der Waals surface area (Å²) in [6.07, 6.45) is 2.27. The number of imide groups is 2. The van der Waals surface area contributed by atoms with E-state index < -0.39 is 29.7 Å². The van der Waals surface area contributed by atoms with Crippen LogP contribution in [0.5, 0.6) is 5.75 Å². The van der Waals surface area contributed by atoms with E-state index in [-0.39, 0.29) is 48.8 Å². The number of aliphatic hydroxyl groups excluding tert-OH is 1. The average molecular weight is 417 g/mol. The van der Waals surface area contributed by atoms with Gasteiger partial charge in [0.25, 0.3) is 17.7 Å². The van der Waals surface area contributed by atoms with E-state index >= 15 is 0 Å². The maximum Gasteiger partial charge on any atom is 0.266 e. The number of rotatable bonds is 9. The molecule has 1 fully saturated rings. The molecule has 0 aromatic heterocycles. The van der Waals surface area contributed by atoms with Crippen LogP contribution in [0.3, 0.4) is 0 Å². The zero-order valence-electron chi connectivity index (χ0n) is 16.3. The zero-order chi connectivity index (χ0) is 21.7. The predicted octanol–water partition coefficient (Wildman–Crippen LogP) is -0.255. The molecule has 0 spiro atoms. The molecule has 2 aliphatic rings. The molecular formula is C20H23N3O7. The number of unbranched alkanes of at least 4 members (excludes halogenated alkanes) is 2. The van der Waals surface area contributed by atoms with Crippen LogP contribution in [0.1, 0.15) is 52.8 Å². The second-order valence-electron chi connectivity index (χ2n) is 7.05. The fourth-order valence-corrected chi connectivity index (χ4v) is 3.44. The zero-order valence-corrected chi connectivity index (χ0v) is 16.3. The molecule has 2 heterocycles. The van der Waals surface area contributed by atoms with Crippen LogP contribution in [0.4, 0.5) is 0 Å². The maximum atomic E-state index is 12.9. The van der Waals surface area contributed by atoms with E-state index in [0.717, 1.165) is 17.7 Å². The largest absolute Gasteiger partial charge is 0.483 e. The monoisotopic (exact) mass is 417 g/mol. The minimum Gasteiger partial charge on any atom is -0.483 e. The first-order valence-corrected chi connectivity index (χ1v) is 9.79. The van der Waals surface area contributed by atoms with Crippen LogP contribution in [-0.2, 0) is 14.4 Å². The molecule has 1 saturated heterocycles. The fourth-order valence-electron chi connectivity index (χ4n) is 3.44. The molecule has 0 radical (unpaired) electrons. The van der Waals surface area contributed by atoms with E-state index in [4.69, 9.17) is 9.84 Å². The smallest absolute Gasteiger partial charge is 0.266 e. The Morgan fingerprint density at radius 3 is 2.70 bits per heavy atom. The Morgan fingerprint density at radius 2 is 1.97 bits per heavy atom. The summed E-state index contributed by atoms with van der Waals surface area (Å²) in [5.74, 6) is -2.76. The number of hydrogen-bond acceptors (Lipinski definition) is 7. The maximum absolute atomic E-state index is 12.9.